The van der Waals surface area contributed by atoms with Crippen LogP contribution < -0.4 is 4.72 Å². The van der Waals surface area contributed by atoms with Crippen molar-refractivity contribution in [3.05, 3.63) is 34.9 Å². The van der Waals surface area contributed by atoms with Crippen molar-refractivity contribution in [2.75, 3.05) is 19.3 Å². The van der Waals surface area contributed by atoms with Gasteiger partial charge in [-0.2, -0.15) is 0 Å². The number of carbonyl (C=O) groups excluding carboxylic acids is 1. The minimum Gasteiger partial charge on any atom is -0.337 e. The van der Waals surface area contributed by atoms with Crippen LogP contribution in [-0.2, 0) is 10.0 Å². The lowest BCUT2D eigenvalue weighted by Crippen LogP contribution is -2.49. The maximum absolute atomic E-state index is 12.6. The standard InChI is InChI=1S/C15H22N2O3S/c1-11-6-7-12(2)14(9-11)15(18)17-8-4-5-13(10-17)16-21(3,19)20/h6-7,9,13,16H,4-5,8,10H2,1-3H3. The molecule has 2 rings (SSSR count). The lowest BCUT2D eigenvalue weighted by Gasteiger charge is -2.33. The molecule has 1 atom stereocenters. The van der Waals surface area contributed by atoms with E-state index in [1.807, 2.05) is 32.0 Å². The zero-order valence-electron chi connectivity index (χ0n) is 12.7. The molecule has 1 fully saturated rings. The number of nitrogens with one attached hydrogen (secondary N) is 1. The second kappa shape index (κ2) is 6.15. The van der Waals surface area contributed by atoms with Crippen LogP contribution in [0, 0.1) is 13.8 Å². The molecule has 1 saturated heterocycles. The van der Waals surface area contributed by atoms with Gasteiger partial charge in [0.25, 0.3) is 5.91 Å². The van der Waals surface area contributed by atoms with E-state index in [0.717, 1.165) is 30.2 Å². The minimum absolute atomic E-state index is 0.0174. The monoisotopic (exact) mass is 310 g/mol. The fourth-order valence-corrected chi connectivity index (χ4v) is 3.50. The number of nitrogens with zero attached hydrogens (tertiary/aromatic N) is 1. The van der Waals surface area contributed by atoms with E-state index in [0.29, 0.717) is 18.7 Å². The largest absolute Gasteiger partial charge is 0.337 e. The smallest absolute Gasteiger partial charge is 0.254 e. The normalized spacial score (nSPS) is 19.6. The Kier molecular flexibility index (Phi) is 4.68. The number of benzene rings is 1. The molecule has 1 aromatic carbocycles. The highest BCUT2D eigenvalue weighted by atomic mass is 32.2. The summed E-state index contributed by atoms with van der Waals surface area (Å²) in [5.41, 5.74) is 2.70. The number of amides is 1. The maximum Gasteiger partial charge on any atom is 0.254 e. The first-order valence-electron chi connectivity index (χ1n) is 7.10. The summed E-state index contributed by atoms with van der Waals surface area (Å²) in [4.78, 5) is 14.4. The van der Waals surface area contributed by atoms with E-state index in [1.54, 1.807) is 4.90 Å². The number of carbonyl (C=O) groups is 1. The summed E-state index contributed by atoms with van der Waals surface area (Å²) in [6.07, 6.45) is 2.73. The number of hydrogen-bond acceptors (Lipinski definition) is 3. The van der Waals surface area contributed by atoms with Crippen molar-refractivity contribution in [1.29, 1.82) is 0 Å². The Hall–Kier alpha value is -1.40. The van der Waals surface area contributed by atoms with Gasteiger partial charge in [0.15, 0.2) is 0 Å². The molecule has 0 aromatic heterocycles. The second-order valence-corrected chi connectivity index (χ2v) is 7.58. The highest BCUT2D eigenvalue weighted by Crippen LogP contribution is 2.17. The molecule has 1 unspecified atom stereocenters. The van der Waals surface area contributed by atoms with Gasteiger partial charge in [0.05, 0.1) is 6.26 Å². The predicted molar refractivity (Wildman–Crippen MR) is 82.8 cm³/mol. The van der Waals surface area contributed by atoms with Gasteiger partial charge in [0, 0.05) is 24.7 Å². The van der Waals surface area contributed by atoms with Crippen LogP contribution in [0.3, 0.4) is 0 Å². The Morgan fingerprint density at radius 1 is 1.33 bits per heavy atom. The van der Waals surface area contributed by atoms with Gasteiger partial charge < -0.3 is 4.90 Å². The lowest BCUT2D eigenvalue weighted by atomic mass is 10.0. The Bertz CT molecular complexity index is 640. The molecule has 116 valence electrons. The molecule has 0 saturated carbocycles. The molecule has 1 aliphatic rings. The summed E-state index contributed by atoms with van der Waals surface area (Å²) in [7, 11) is -3.24. The van der Waals surface area contributed by atoms with Crippen LogP contribution in [-0.4, -0.2) is 44.6 Å². The Morgan fingerprint density at radius 2 is 2.05 bits per heavy atom. The van der Waals surface area contributed by atoms with Gasteiger partial charge in [-0.3, -0.25) is 4.79 Å². The molecule has 0 aliphatic carbocycles. The van der Waals surface area contributed by atoms with E-state index in [2.05, 4.69) is 4.72 Å². The minimum atomic E-state index is -3.24. The average Bonchev–Trinajstić information content (AvgIpc) is 2.39. The molecule has 0 radical (unpaired) electrons. The van der Waals surface area contributed by atoms with Crippen molar-refractivity contribution in [3.8, 4) is 0 Å². The first-order chi connectivity index (χ1) is 9.76. The van der Waals surface area contributed by atoms with Gasteiger partial charge in [-0.25, -0.2) is 13.1 Å². The van der Waals surface area contributed by atoms with Crippen LogP contribution in [0.4, 0.5) is 0 Å². The van der Waals surface area contributed by atoms with Crippen molar-refractivity contribution >= 4 is 15.9 Å². The number of sulfonamides is 1. The van der Waals surface area contributed by atoms with Gasteiger partial charge in [-0.05, 0) is 38.3 Å². The number of likely N-dealkylation sites (tertiary alicyclic amines) is 1. The Labute approximate surface area is 126 Å². The van der Waals surface area contributed by atoms with Crippen LogP contribution in [0.15, 0.2) is 18.2 Å². The second-order valence-electron chi connectivity index (χ2n) is 5.80. The highest BCUT2D eigenvalue weighted by Gasteiger charge is 2.26. The molecule has 1 heterocycles. The molecule has 0 bridgehead atoms. The zero-order valence-corrected chi connectivity index (χ0v) is 13.5. The first kappa shape index (κ1) is 16.0. The van der Waals surface area contributed by atoms with E-state index in [-0.39, 0.29) is 11.9 Å². The molecule has 1 amide bonds. The lowest BCUT2D eigenvalue weighted by molar-refractivity contribution is 0.0702. The van der Waals surface area contributed by atoms with Crippen LogP contribution >= 0.6 is 0 Å². The summed E-state index contributed by atoms with van der Waals surface area (Å²) in [6.45, 7) is 4.98. The molecule has 1 N–H and O–H groups in total. The summed E-state index contributed by atoms with van der Waals surface area (Å²) >= 11 is 0. The molecular weight excluding hydrogens is 288 g/mol. The van der Waals surface area contributed by atoms with Crippen molar-refractivity contribution < 1.29 is 13.2 Å². The fourth-order valence-electron chi connectivity index (χ4n) is 2.70. The van der Waals surface area contributed by atoms with Crippen LogP contribution in [0.2, 0.25) is 0 Å². The zero-order chi connectivity index (χ0) is 15.6. The first-order valence-corrected chi connectivity index (χ1v) is 8.99. The fraction of sp³-hybridized carbons (Fsp3) is 0.533. The van der Waals surface area contributed by atoms with Gasteiger partial charge in [0.2, 0.25) is 10.0 Å². The molecular formula is C15H22N2O3S. The molecule has 1 aromatic rings. The topological polar surface area (TPSA) is 66.5 Å². The maximum atomic E-state index is 12.6. The number of hydrogen-bond donors (Lipinski definition) is 1. The highest BCUT2D eigenvalue weighted by molar-refractivity contribution is 7.88. The van der Waals surface area contributed by atoms with E-state index < -0.39 is 10.0 Å². The average molecular weight is 310 g/mol. The quantitative estimate of drug-likeness (QED) is 0.919. The van der Waals surface area contributed by atoms with Crippen LogP contribution in [0.1, 0.15) is 34.3 Å². The van der Waals surface area contributed by atoms with Gasteiger partial charge in [0.1, 0.15) is 0 Å². The molecule has 6 heteroatoms. The summed E-state index contributed by atoms with van der Waals surface area (Å²) in [5, 5.41) is 0. The number of aryl methyl sites for hydroxylation is 2. The van der Waals surface area contributed by atoms with E-state index in [4.69, 9.17) is 0 Å². The van der Waals surface area contributed by atoms with Crippen molar-refractivity contribution in [1.82, 2.24) is 9.62 Å². The SMILES string of the molecule is Cc1ccc(C)c(C(=O)N2CCCC(NS(C)(=O)=O)C2)c1. The molecule has 1 aliphatic heterocycles. The number of piperidine rings is 1. The molecule has 21 heavy (non-hydrogen) atoms. The third-order valence-corrected chi connectivity index (χ3v) is 4.47. The number of rotatable bonds is 3. The third kappa shape index (κ3) is 4.28. The van der Waals surface area contributed by atoms with Gasteiger partial charge in [-0.15, -0.1) is 0 Å². The van der Waals surface area contributed by atoms with E-state index in [1.165, 1.54) is 0 Å². The Morgan fingerprint density at radius 3 is 2.71 bits per heavy atom. The van der Waals surface area contributed by atoms with E-state index in [9.17, 15) is 13.2 Å². The summed E-state index contributed by atoms with van der Waals surface area (Å²) < 4.78 is 25.3. The van der Waals surface area contributed by atoms with Crippen molar-refractivity contribution in [2.24, 2.45) is 0 Å². The van der Waals surface area contributed by atoms with Gasteiger partial charge >= 0.3 is 0 Å². The van der Waals surface area contributed by atoms with E-state index >= 15 is 0 Å². The molecule has 0 spiro atoms. The van der Waals surface area contributed by atoms with Gasteiger partial charge in [-0.1, -0.05) is 17.7 Å². The van der Waals surface area contributed by atoms with Crippen molar-refractivity contribution in [2.45, 2.75) is 32.7 Å². The summed E-state index contributed by atoms with van der Waals surface area (Å²) in [6, 6.07) is 5.63. The van der Waals surface area contributed by atoms with Crippen LogP contribution in [0.5, 0.6) is 0 Å². The van der Waals surface area contributed by atoms with Crippen molar-refractivity contribution in [3.63, 3.8) is 0 Å². The molecule has 5 nitrogen and oxygen atoms in total. The summed E-state index contributed by atoms with van der Waals surface area (Å²) in [5.74, 6) is -0.0174. The van der Waals surface area contributed by atoms with Crippen LogP contribution in [0.25, 0.3) is 0 Å². The Balaban J connectivity index is 2.14. The predicted octanol–water partition coefficient (Wildman–Crippen LogP) is 1.46. The third-order valence-electron chi connectivity index (χ3n) is 3.71.